The standard InChI is InChI=1S/C21H28N2O4/c1-5-11-23(21(25)17-7-6-10-22-20(17)24)13-16-8-9-18(19(12-16)26-4)27-14-15(2)3/h6-10,12,15H,5,11,13-14H2,1-4H3,(H,22,24). The van der Waals surface area contributed by atoms with Crippen LogP contribution in [0.4, 0.5) is 0 Å². The monoisotopic (exact) mass is 372 g/mol. The van der Waals surface area contributed by atoms with Gasteiger partial charge in [0, 0.05) is 19.3 Å². The van der Waals surface area contributed by atoms with Gasteiger partial charge in [-0.05, 0) is 42.2 Å². The molecule has 2 aromatic rings. The van der Waals surface area contributed by atoms with Crippen molar-refractivity contribution in [1.82, 2.24) is 9.88 Å². The summed E-state index contributed by atoms with van der Waals surface area (Å²) in [5.41, 5.74) is 0.686. The van der Waals surface area contributed by atoms with Crippen molar-refractivity contribution < 1.29 is 14.3 Å². The van der Waals surface area contributed by atoms with Gasteiger partial charge in [0.25, 0.3) is 11.5 Å². The second-order valence-corrected chi connectivity index (χ2v) is 6.83. The summed E-state index contributed by atoms with van der Waals surface area (Å²) in [5, 5.41) is 0. The number of H-pyrrole nitrogens is 1. The second-order valence-electron chi connectivity index (χ2n) is 6.83. The van der Waals surface area contributed by atoms with Crippen molar-refractivity contribution in [3.8, 4) is 11.5 Å². The fraction of sp³-hybridized carbons (Fsp3) is 0.429. The number of amides is 1. The Morgan fingerprint density at radius 3 is 2.63 bits per heavy atom. The van der Waals surface area contributed by atoms with E-state index >= 15 is 0 Å². The molecule has 0 aliphatic heterocycles. The summed E-state index contributed by atoms with van der Waals surface area (Å²) in [6.07, 6.45) is 2.31. The number of rotatable bonds is 9. The Kier molecular flexibility index (Phi) is 7.46. The average Bonchev–Trinajstić information content (AvgIpc) is 2.66. The maximum absolute atomic E-state index is 12.8. The Balaban J connectivity index is 2.21. The number of aromatic nitrogens is 1. The largest absolute Gasteiger partial charge is 0.493 e. The van der Waals surface area contributed by atoms with Gasteiger partial charge in [0.05, 0.1) is 13.7 Å². The molecule has 27 heavy (non-hydrogen) atoms. The van der Waals surface area contributed by atoms with E-state index in [4.69, 9.17) is 9.47 Å². The van der Waals surface area contributed by atoms with Crippen LogP contribution in [0.5, 0.6) is 11.5 Å². The highest BCUT2D eigenvalue weighted by atomic mass is 16.5. The van der Waals surface area contributed by atoms with Crippen LogP contribution in [-0.4, -0.2) is 36.1 Å². The van der Waals surface area contributed by atoms with E-state index in [2.05, 4.69) is 18.8 Å². The average molecular weight is 372 g/mol. The number of pyridine rings is 1. The summed E-state index contributed by atoms with van der Waals surface area (Å²) < 4.78 is 11.2. The third kappa shape index (κ3) is 5.61. The third-order valence-corrected chi connectivity index (χ3v) is 4.00. The summed E-state index contributed by atoms with van der Waals surface area (Å²) in [6.45, 7) is 7.72. The Bertz CT molecular complexity index is 814. The number of benzene rings is 1. The van der Waals surface area contributed by atoms with Gasteiger partial charge in [-0.25, -0.2) is 0 Å². The van der Waals surface area contributed by atoms with Crippen LogP contribution >= 0.6 is 0 Å². The summed E-state index contributed by atoms with van der Waals surface area (Å²) in [4.78, 5) is 29.0. The molecule has 1 aromatic heterocycles. The minimum atomic E-state index is -0.376. The molecular formula is C21H28N2O4. The van der Waals surface area contributed by atoms with E-state index < -0.39 is 0 Å². The molecule has 0 radical (unpaired) electrons. The molecule has 6 nitrogen and oxygen atoms in total. The minimum Gasteiger partial charge on any atom is -0.493 e. The number of nitrogens with one attached hydrogen (secondary N) is 1. The Labute approximate surface area is 160 Å². The van der Waals surface area contributed by atoms with Crippen molar-refractivity contribution in [2.45, 2.75) is 33.7 Å². The van der Waals surface area contributed by atoms with Gasteiger partial charge in [0.2, 0.25) is 0 Å². The fourth-order valence-corrected chi connectivity index (χ4v) is 2.69. The molecule has 1 heterocycles. The molecule has 0 bridgehead atoms. The van der Waals surface area contributed by atoms with Crippen LogP contribution in [0, 0.1) is 5.92 Å². The SMILES string of the molecule is CCCN(Cc1ccc(OCC(C)C)c(OC)c1)C(=O)c1ccc[nH]c1=O. The van der Waals surface area contributed by atoms with Gasteiger partial charge in [-0.15, -0.1) is 0 Å². The zero-order valence-corrected chi connectivity index (χ0v) is 16.5. The Morgan fingerprint density at radius 2 is 2.00 bits per heavy atom. The molecule has 0 aliphatic rings. The lowest BCUT2D eigenvalue weighted by molar-refractivity contribution is 0.0741. The van der Waals surface area contributed by atoms with Crippen molar-refractivity contribution >= 4 is 5.91 Å². The predicted octanol–water partition coefficient (Wildman–Crippen LogP) is 3.47. The number of hydrogen-bond donors (Lipinski definition) is 1. The van der Waals surface area contributed by atoms with Gasteiger partial charge >= 0.3 is 0 Å². The molecular weight excluding hydrogens is 344 g/mol. The van der Waals surface area contributed by atoms with Crippen molar-refractivity contribution in [3.63, 3.8) is 0 Å². The van der Waals surface area contributed by atoms with Gasteiger partial charge in [0.1, 0.15) is 5.56 Å². The van der Waals surface area contributed by atoms with Gasteiger partial charge in [-0.3, -0.25) is 9.59 Å². The third-order valence-electron chi connectivity index (χ3n) is 4.00. The van der Waals surface area contributed by atoms with Gasteiger partial charge < -0.3 is 19.4 Å². The minimum absolute atomic E-state index is 0.148. The number of carbonyl (C=O) groups excluding carboxylic acids is 1. The first kappa shape index (κ1) is 20.6. The van der Waals surface area contributed by atoms with E-state index in [9.17, 15) is 9.59 Å². The van der Waals surface area contributed by atoms with Crippen LogP contribution in [-0.2, 0) is 6.54 Å². The van der Waals surface area contributed by atoms with Gasteiger partial charge in [-0.1, -0.05) is 26.8 Å². The van der Waals surface area contributed by atoms with Crippen molar-refractivity contribution in [1.29, 1.82) is 0 Å². The topological polar surface area (TPSA) is 71.6 Å². The second kappa shape index (κ2) is 9.80. The Hall–Kier alpha value is -2.76. The highest BCUT2D eigenvalue weighted by Gasteiger charge is 2.19. The smallest absolute Gasteiger partial charge is 0.260 e. The number of carbonyl (C=O) groups is 1. The summed E-state index contributed by atoms with van der Waals surface area (Å²) in [7, 11) is 1.60. The van der Waals surface area contributed by atoms with Crippen LogP contribution in [0.3, 0.4) is 0 Å². The maximum atomic E-state index is 12.8. The van der Waals surface area contributed by atoms with Crippen molar-refractivity contribution in [2.24, 2.45) is 5.92 Å². The lowest BCUT2D eigenvalue weighted by Crippen LogP contribution is -2.34. The lowest BCUT2D eigenvalue weighted by Gasteiger charge is -2.22. The van der Waals surface area contributed by atoms with Crippen LogP contribution in [0.1, 0.15) is 43.1 Å². The highest BCUT2D eigenvalue weighted by molar-refractivity contribution is 5.93. The summed E-state index contributed by atoms with van der Waals surface area (Å²) >= 11 is 0. The number of aromatic amines is 1. The normalized spacial score (nSPS) is 10.7. The van der Waals surface area contributed by atoms with E-state index in [1.54, 1.807) is 24.1 Å². The molecule has 0 spiro atoms. The van der Waals surface area contributed by atoms with E-state index in [1.165, 1.54) is 6.20 Å². The molecule has 2 rings (SSSR count). The zero-order chi connectivity index (χ0) is 19.8. The molecule has 0 aliphatic carbocycles. The number of hydrogen-bond acceptors (Lipinski definition) is 4. The van der Waals surface area contributed by atoms with Crippen LogP contribution < -0.4 is 15.0 Å². The molecule has 146 valence electrons. The van der Waals surface area contributed by atoms with Gasteiger partial charge in [0.15, 0.2) is 11.5 Å². The first-order valence-corrected chi connectivity index (χ1v) is 9.23. The van der Waals surface area contributed by atoms with E-state index in [-0.39, 0.29) is 17.0 Å². The molecule has 6 heteroatoms. The molecule has 1 N–H and O–H groups in total. The maximum Gasteiger partial charge on any atom is 0.260 e. The number of nitrogens with zero attached hydrogens (tertiary/aromatic N) is 1. The first-order chi connectivity index (χ1) is 13.0. The molecule has 1 aromatic carbocycles. The number of methoxy groups -OCH3 is 1. The molecule has 0 unspecified atom stereocenters. The first-order valence-electron chi connectivity index (χ1n) is 9.23. The predicted molar refractivity (Wildman–Crippen MR) is 105 cm³/mol. The number of ether oxygens (including phenoxy) is 2. The quantitative estimate of drug-likeness (QED) is 0.732. The lowest BCUT2D eigenvalue weighted by atomic mass is 10.1. The van der Waals surface area contributed by atoms with E-state index in [1.807, 2.05) is 25.1 Å². The van der Waals surface area contributed by atoms with Crippen molar-refractivity contribution in [3.05, 3.63) is 58.0 Å². The highest BCUT2D eigenvalue weighted by Crippen LogP contribution is 2.29. The van der Waals surface area contributed by atoms with Crippen LogP contribution in [0.2, 0.25) is 0 Å². The van der Waals surface area contributed by atoms with E-state index in [0.29, 0.717) is 37.1 Å². The molecule has 1 amide bonds. The zero-order valence-electron chi connectivity index (χ0n) is 16.5. The summed E-state index contributed by atoms with van der Waals surface area (Å²) in [6, 6.07) is 8.86. The van der Waals surface area contributed by atoms with Crippen molar-refractivity contribution in [2.75, 3.05) is 20.3 Å². The molecule has 0 saturated carbocycles. The van der Waals surface area contributed by atoms with Crippen LogP contribution in [0.15, 0.2) is 41.3 Å². The van der Waals surface area contributed by atoms with Gasteiger partial charge in [-0.2, -0.15) is 0 Å². The summed E-state index contributed by atoms with van der Waals surface area (Å²) in [5.74, 6) is 1.45. The van der Waals surface area contributed by atoms with Crippen LogP contribution in [0.25, 0.3) is 0 Å². The Morgan fingerprint density at radius 1 is 1.22 bits per heavy atom. The molecule has 0 fully saturated rings. The molecule has 0 atom stereocenters. The fourth-order valence-electron chi connectivity index (χ4n) is 2.69. The van der Waals surface area contributed by atoms with E-state index in [0.717, 1.165) is 12.0 Å². The molecule has 0 saturated heterocycles.